The van der Waals surface area contributed by atoms with E-state index in [1.165, 1.54) is 38.5 Å². The second-order valence-electron chi connectivity index (χ2n) is 5.70. The highest BCUT2D eigenvalue weighted by molar-refractivity contribution is 5.02. The molecule has 0 amide bonds. The fourth-order valence-electron chi connectivity index (χ4n) is 4.05. The zero-order valence-corrected chi connectivity index (χ0v) is 8.97. The van der Waals surface area contributed by atoms with Gasteiger partial charge in [0.25, 0.3) is 0 Å². The van der Waals surface area contributed by atoms with E-state index in [1.807, 2.05) is 0 Å². The molecule has 1 heteroatoms. The highest BCUT2D eigenvalue weighted by Gasteiger charge is 2.51. The van der Waals surface area contributed by atoms with E-state index in [0.717, 1.165) is 5.92 Å². The summed E-state index contributed by atoms with van der Waals surface area (Å²) in [6, 6.07) is 0. The molecule has 13 heavy (non-hydrogen) atoms. The molecule has 0 aromatic carbocycles. The second-order valence-corrected chi connectivity index (χ2v) is 5.70. The predicted molar refractivity (Wildman–Crippen MR) is 54.5 cm³/mol. The van der Waals surface area contributed by atoms with Crippen LogP contribution in [0.1, 0.15) is 52.4 Å². The molecule has 2 fully saturated rings. The minimum atomic E-state index is 0.327. The summed E-state index contributed by atoms with van der Waals surface area (Å²) in [5.41, 5.74) is 0.939. The highest BCUT2D eigenvalue weighted by atomic mass is 16.3. The average Bonchev–Trinajstić information content (AvgIpc) is 2.41. The quantitative estimate of drug-likeness (QED) is 0.696. The zero-order chi connectivity index (χ0) is 9.53. The molecule has 1 nitrogen and oxygen atoms in total. The van der Waals surface area contributed by atoms with Crippen molar-refractivity contribution in [1.82, 2.24) is 0 Å². The molecule has 0 aliphatic heterocycles. The van der Waals surface area contributed by atoms with Crippen molar-refractivity contribution in [2.24, 2.45) is 16.7 Å². The molecule has 3 atom stereocenters. The van der Waals surface area contributed by atoms with Gasteiger partial charge >= 0.3 is 0 Å². The summed E-state index contributed by atoms with van der Waals surface area (Å²) in [6.07, 6.45) is 7.95. The minimum absolute atomic E-state index is 0.327. The maximum absolute atomic E-state index is 9.50. The summed E-state index contributed by atoms with van der Waals surface area (Å²) >= 11 is 0. The van der Waals surface area contributed by atoms with Gasteiger partial charge in [-0.3, -0.25) is 0 Å². The first-order valence-electron chi connectivity index (χ1n) is 5.75. The number of fused-ring (bicyclic) bond motifs is 2. The van der Waals surface area contributed by atoms with Crippen LogP contribution >= 0.6 is 0 Å². The van der Waals surface area contributed by atoms with E-state index in [1.54, 1.807) is 0 Å². The second kappa shape index (κ2) is 2.98. The molecular formula is C12H22O. The van der Waals surface area contributed by atoms with Crippen molar-refractivity contribution in [3.63, 3.8) is 0 Å². The Hall–Kier alpha value is -0.0400. The van der Waals surface area contributed by atoms with Crippen molar-refractivity contribution in [1.29, 1.82) is 0 Å². The normalized spacial score (nSPS) is 49.6. The van der Waals surface area contributed by atoms with Gasteiger partial charge in [0.1, 0.15) is 0 Å². The number of aliphatic hydroxyl groups excluding tert-OH is 1. The fourth-order valence-corrected chi connectivity index (χ4v) is 4.05. The molecule has 2 aliphatic carbocycles. The molecule has 0 heterocycles. The van der Waals surface area contributed by atoms with E-state index >= 15 is 0 Å². The Morgan fingerprint density at radius 3 is 2.46 bits per heavy atom. The molecule has 3 unspecified atom stereocenters. The molecule has 2 aliphatic rings. The Labute approximate surface area is 81.5 Å². The molecule has 2 rings (SSSR count). The first-order valence-corrected chi connectivity index (χ1v) is 5.75. The SMILES string of the molecule is CCC12CCC(CO)(CC(C)C1)C2. The maximum atomic E-state index is 9.50. The number of hydrogen-bond acceptors (Lipinski definition) is 1. The van der Waals surface area contributed by atoms with Crippen LogP contribution in [0, 0.1) is 16.7 Å². The first-order chi connectivity index (χ1) is 6.14. The van der Waals surface area contributed by atoms with E-state index in [-0.39, 0.29) is 0 Å². The van der Waals surface area contributed by atoms with Gasteiger partial charge in [-0.05, 0) is 48.9 Å². The van der Waals surface area contributed by atoms with E-state index < -0.39 is 0 Å². The molecule has 0 radical (unpaired) electrons. The van der Waals surface area contributed by atoms with Crippen LogP contribution in [0.5, 0.6) is 0 Å². The van der Waals surface area contributed by atoms with Crippen LogP contribution in [-0.2, 0) is 0 Å². The summed E-state index contributed by atoms with van der Waals surface area (Å²) in [6.45, 7) is 5.11. The van der Waals surface area contributed by atoms with E-state index in [0.29, 0.717) is 17.4 Å². The Balaban J connectivity index is 2.20. The van der Waals surface area contributed by atoms with E-state index in [4.69, 9.17) is 0 Å². The summed E-state index contributed by atoms with van der Waals surface area (Å²) < 4.78 is 0. The number of hydrogen-bond donors (Lipinski definition) is 1. The lowest BCUT2D eigenvalue weighted by molar-refractivity contribution is 0.0410. The van der Waals surface area contributed by atoms with Crippen LogP contribution < -0.4 is 0 Å². The smallest absolute Gasteiger partial charge is 0.0487 e. The Morgan fingerprint density at radius 1 is 1.23 bits per heavy atom. The first kappa shape index (κ1) is 9.51. The average molecular weight is 182 g/mol. The number of rotatable bonds is 2. The standard InChI is InChI=1S/C12H22O/c1-3-11-4-5-12(8-11,9-13)7-10(2)6-11/h10,13H,3-9H2,1-2H3. The van der Waals surface area contributed by atoms with Crippen molar-refractivity contribution in [2.75, 3.05) is 6.61 Å². The zero-order valence-electron chi connectivity index (χ0n) is 8.97. The largest absolute Gasteiger partial charge is 0.396 e. The molecule has 2 saturated carbocycles. The molecule has 1 N–H and O–H groups in total. The minimum Gasteiger partial charge on any atom is -0.396 e. The Morgan fingerprint density at radius 2 is 1.85 bits per heavy atom. The molecule has 2 bridgehead atoms. The predicted octanol–water partition coefficient (Wildman–Crippen LogP) is 2.98. The van der Waals surface area contributed by atoms with Crippen LogP contribution in [0.15, 0.2) is 0 Å². The molecule has 0 aromatic rings. The van der Waals surface area contributed by atoms with Crippen molar-refractivity contribution >= 4 is 0 Å². The van der Waals surface area contributed by atoms with E-state index in [2.05, 4.69) is 13.8 Å². The maximum Gasteiger partial charge on any atom is 0.0487 e. The summed E-state index contributed by atoms with van der Waals surface area (Å²) in [5.74, 6) is 0.836. The van der Waals surface area contributed by atoms with Gasteiger partial charge in [0.2, 0.25) is 0 Å². The van der Waals surface area contributed by atoms with Gasteiger partial charge in [-0.15, -0.1) is 0 Å². The van der Waals surface area contributed by atoms with Gasteiger partial charge < -0.3 is 5.11 Å². The van der Waals surface area contributed by atoms with Crippen molar-refractivity contribution < 1.29 is 5.11 Å². The van der Waals surface area contributed by atoms with Crippen LogP contribution in [-0.4, -0.2) is 11.7 Å². The third kappa shape index (κ3) is 1.41. The van der Waals surface area contributed by atoms with Gasteiger partial charge in [0.05, 0.1) is 0 Å². The van der Waals surface area contributed by atoms with E-state index in [9.17, 15) is 5.11 Å². The molecule has 0 spiro atoms. The molecule has 0 aromatic heterocycles. The molecule has 0 saturated heterocycles. The van der Waals surface area contributed by atoms with Crippen molar-refractivity contribution in [3.8, 4) is 0 Å². The highest BCUT2D eigenvalue weighted by Crippen LogP contribution is 2.61. The van der Waals surface area contributed by atoms with Gasteiger partial charge in [0.15, 0.2) is 0 Å². The van der Waals surface area contributed by atoms with Gasteiger partial charge in [-0.2, -0.15) is 0 Å². The molecule has 76 valence electrons. The third-order valence-electron chi connectivity index (χ3n) is 4.58. The summed E-state index contributed by atoms with van der Waals surface area (Å²) in [4.78, 5) is 0. The molecular weight excluding hydrogens is 160 g/mol. The van der Waals surface area contributed by atoms with Gasteiger partial charge in [-0.1, -0.05) is 20.3 Å². The fraction of sp³-hybridized carbons (Fsp3) is 1.00. The lowest BCUT2D eigenvalue weighted by Gasteiger charge is -2.41. The topological polar surface area (TPSA) is 20.2 Å². The van der Waals surface area contributed by atoms with Gasteiger partial charge in [0, 0.05) is 6.61 Å². The van der Waals surface area contributed by atoms with Crippen LogP contribution in [0.3, 0.4) is 0 Å². The van der Waals surface area contributed by atoms with Crippen molar-refractivity contribution in [3.05, 3.63) is 0 Å². The Kier molecular flexibility index (Phi) is 2.18. The summed E-state index contributed by atoms with van der Waals surface area (Å²) in [5, 5.41) is 9.50. The van der Waals surface area contributed by atoms with Crippen molar-refractivity contribution in [2.45, 2.75) is 52.4 Å². The Bertz CT molecular complexity index is 181. The number of aliphatic hydroxyl groups is 1. The van der Waals surface area contributed by atoms with Crippen LogP contribution in [0.2, 0.25) is 0 Å². The van der Waals surface area contributed by atoms with Crippen LogP contribution in [0.4, 0.5) is 0 Å². The lowest BCUT2D eigenvalue weighted by Crippen LogP contribution is -2.33. The van der Waals surface area contributed by atoms with Crippen LogP contribution in [0.25, 0.3) is 0 Å². The lowest BCUT2D eigenvalue weighted by atomic mass is 9.64. The van der Waals surface area contributed by atoms with Gasteiger partial charge in [-0.25, -0.2) is 0 Å². The summed E-state index contributed by atoms with van der Waals surface area (Å²) in [7, 11) is 0. The monoisotopic (exact) mass is 182 g/mol. The third-order valence-corrected chi connectivity index (χ3v) is 4.58.